The molecule has 0 aliphatic carbocycles. The van der Waals surface area contributed by atoms with Crippen molar-refractivity contribution in [3.63, 3.8) is 0 Å². The van der Waals surface area contributed by atoms with Gasteiger partial charge in [0, 0.05) is 23.3 Å². The largest absolute Gasteiger partial charge is 0.387 e. The third-order valence-corrected chi connectivity index (χ3v) is 1.84. The Morgan fingerprint density at radius 2 is 2.00 bits per heavy atom. The van der Waals surface area contributed by atoms with Gasteiger partial charge in [0.05, 0.1) is 6.10 Å². The molecule has 0 radical (unpaired) electrons. The highest BCUT2D eigenvalue weighted by molar-refractivity contribution is 7.80. The maximum absolute atomic E-state index is 12.9. The van der Waals surface area contributed by atoms with Crippen molar-refractivity contribution in [3.05, 3.63) is 35.4 Å². The first-order chi connectivity index (χ1) is 7.06. The molecule has 86 valence electrons. The molecule has 0 fully saturated rings. The van der Waals surface area contributed by atoms with Crippen molar-refractivity contribution in [1.29, 1.82) is 0 Å². The molecular weight excluding hydrogens is 242 g/mol. The van der Waals surface area contributed by atoms with Gasteiger partial charge in [0.1, 0.15) is 11.6 Å². The van der Waals surface area contributed by atoms with Gasteiger partial charge in [-0.15, -0.1) is 11.6 Å². The van der Waals surface area contributed by atoms with Crippen LogP contribution in [0.4, 0.5) is 8.78 Å². The van der Waals surface area contributed by atoms with Gasteiger partial charge in [-0.1, -0.05) is 13.0 Å². The predicted molar refractivity (Wildman–Crippen MR) is 61.6 cm³/mol. The van der Waals surface area contributed by atoms with E-state index in [1.54, 1.807) is 0 Å². The minimum absolute atomic E-state index is 0.0754. The number of aliphatic hydroxyl groups is 1. The van der Waals surface area contributed by atoms with E-state index in [2.05, 4.69) is 12.6 Å². The van der Waals surface area contributed by atoms with Crippen LogP contribution >= 0.6 is 24.2 Å². The lowest BCUT2D eigenvalue weighted by molar-refractivity contribution is 0.199. The average Bonchev–Trinajstić information content (AvgIpc) is 2.18. The van der Waals surface area contributed by atoms with Crippen molar-refractivity contribution in [2.45, 2.75) is 13.0 Å². The van der Waals surface area contributed by atoms with Crippen molar-refractivity contribution in [2.24, 2.45) is 0 Å². The van der Waals surface area contributed by atoms with Gasteiger partial charge < -0.3 is 5.11 Å². The summed E-state index contributed by atoms with van der Waals surface area (Å²) in [4.78, 5) is 0. The smallest absolute Gasteiger partial charge is 0.131 e. The Hall–Kier alpha value is -0.320. The van der Waals surface area contributed by atoms with E-state index in [0.717, 1.165) is 18.0 Å². The number of rotatable bonds is 2. The summed E-state index contributed by atoms with van der Waals surface area (Å²) in [6.07, 6.45) is -0.978. The van der Waals surface area contributed by atoms with Crippen LogP contribution in [0.15, 0.2) is 18.2 Å². The van der Waals surface area contributed by atoms with Gasteiger partial charge >= 0.3 is 0 Å². The predicted octanol–water partition coefficient (Wildman–Crippen LogP) is 3.17. The van der Waals surface area contributed by atoms with Gasteiger partial charge in [-0.3, -0.25) is 0 Å². The molecule has 1 N–H and O–H groups in total. The molecule has 15 heavy (non-hydrogen) atoms. The quantitative estimate of drug-likeness (QED) is 0.614. The van der Waals surface area contributed by atoms with Gasteiger partial charge in [-0.2, -0.15) is 12.6 Å². The molecule has 1 nitrogen and oxygen atoms in total. The standard InChI is InChI=1S/C8H8F2OS.C2H5Cl/c9-5-1-2-6(7(10)3-5)8(11)4-12;1-2-3/h1-3,8,11-12H,4H2;2H2,1H3. The van der Waals surface area contributed by atoms with Gasteiger partial charge in [-0.25, -0.2) is 8.78 Å². The van der Waals surface area contributed by atoms with Crippen LogP contribution in [0.5, 0.6) is 0 Å². The third kappa shape index (κ3) is 5.35. The van der Waals surface area contributed by atoms with Crippen LogP contribution < -0.4 is 0 Å². The van der Waals surface area contributed by atoms with Crippen LogP contribution in [0.3, 0.4) is 0 Å². The molecule has 1 aromatic carbocycles. The molecule has 0 spiro atoms. The highest BCUT2D eigenvalue weighted by Crippen LogP contribution is 2.18. The van der Waals surface area contributed by atoms with Crippen LogP contribution in [0.25, 0.3) is 0 Å². The highest BCUT2D eigenvalue weighted by atomic mass is 35.5. The maximum atomic E-state index is 12.9. The van der Waals surface area contributed by atoms with Crippen molar-refractivity contribution >= 4 is 24.2 Å². The van der Waals surface area contributed by atoms with E-state index < -0.39 is 17.7 Å². The Morgan fingerprint density at radius 3 is 2.40 bits per heavy atom. The maximum Gasteiger partial charge on any atom is 0.131 e. The average molecular weight is 255 g/mol. The van der Waals surface area contributed by atoms with E-state index in [4.69, 9.17) is 16.7 Å². The zero-order valence-corrected chi connectivity index (χ0v) is 9.90. The zero-order valence-electron chi connectivity index (χ0n) is 8.25. The minimum Gasteiger partial charge on any atom is -0.387 e. The van der Waals surface area contributed by atoms with E-state index in [1.807, 2.05) is 6.92 Å². The number of aliphatic hydroxyl groups excluding tert-OH is 1. The van der Waals surface area contributed by atoms with E-state index in [-0.39, 0.29) is 11.3 Å². The van der Waals surface area contributed by atoms with E-state index in [9.17, 15) is 8.78 Å². The molecule has 0 saturated carbocycles. The topological polar surface area (TPSA) is 20.2 Å². The van der Waals surface area contributed by atoms with Crippen LogP contribution in [-0.2, 0) is 0 Å². The molecule has 5 heteroatoms. The molecule has 0 saturated heterocycles. The SMILES string of the molecule is CCCl.OC(CS)c1ccc(F)cc1F. The van der Waals surface area contributed by atoms with Crippen molar-refractivity contribution in [2.75, 3.05) is 11.6 Å². The Morgan fingerprint density at radius 1 is 1.47 bits per heavy atom. The molecule has 0 aliphatic heterocycles. The molecule has 0 heterocycles. The van der Waals surface area contributed by atoms with Gasteiger partial charge in [-0.05, 0) is 6.07 Å². The van der Waals surface area contributed by atoms with Crippen LogP contribution in [0, 0.1) is 11.6 Å². The fourth-order valence-electron chi connectivity index (χ4n) is 0.870. The Bertz CT molecular complexity index is 297. The fourth-order valence-corrected chi connectivity index (χ4v) is 1.07. The number of benzene rings is 1. The lowest BCUT2D eigenvalue weighted by Crippen LogP contribution is -2.02. The second kappa shape index (κ2) is 7.91. The summed E-state index contributed by atoms with van der Waals surface area (Å²) in [6.45, 7) is 1.89. The number of thiol groups is 1. The number of alkyl halides is 1. The Labute approximate surface area is 98.5 Å². The molecule has 0 bridgehead atoms. The molecule has 1 atom stereocenters. The van der Waals surface area contributed by atoms with Crippen LogP contribution in [0.2, 0.25) is 0 Å². The van der Waals surface area contributed by atoms with E-state index in [1.165, 1.54) is 6.07 Å². The second-order valence-electron chi connectivity index (χ2n) is 2.63. The van der Waals surface area contributed by atoms with Gasteiger partial charge in [0.25, 0.3) is 0 Å². The Balaban J connectivity index is 0.000000583. The first kappa shape index (κ1) is 14.7. The van der Waals surface area contributed by atoms with Gasteiger partial charge in [0.2, 0.25) is 0 Å². The zero-order chi connectivity index (χ0) is 11.8. The molecule has 0 aromatic heterocycles. The highest BCUT2D eigenvalue weighted by Gasteiger charge is 2.10. The number of hydrogen-bond donors (Lipinski definition) is 2. The summed E-state index contributed by atoms with van der Waals surface area (Å²) in [5.74, 6) is -0.554. The molecule has 1 aromatic rings. The van der Waals surface area contributed by atoms with E-state index in [0.29, 0.717) is 0 Å². The minimum atomic E-state index is -0.978. The molecule has 1 rings (SSSR count). The first-order valence-electron chi connectivity index (χ1n) is 4.36. The summed E-state index contributed by atoms with van der Waals surface area (Å²) >= 11 is 8.79. The number of halogens is 3. The molecule has 0 amide bonds. The van der Waals surface area contributed by atoms with E-state index >= 15 is 0 Å². The van der Waals surface area contributed by atoms with Crippen LogP contribution in [-0.4, -0.2) is 16.7 Å². The summed E-state index contributed by atoms with van der Waals surface area (Å²) < 4.78 is 25.2. The number of hydrogen-bond acceptors (Lipinski definition) is 2. The molecule has 0 aliphatic rings. The fraction of sp³-hybridized carbons (Fsp3) is 0.400. The van der Waals surface area contributed by atoms with Crippen LogP contribution in [0.1, 0.15) is 18.6 Å². The normalized spacial score (nSPS) is 11.6. The summed E-state index contributed by atoms with van der Waals surface area (Å²) in [6, 6.07) is 3.05. The lowest BCUT2D eigenvalue weighted by Gasteiger charge is -2.07. The Kier molecular flexibility index (Phi) is 7.74. The van der Waals surface area contributed by atoms with Gasteiger partial charge in [0.15, 0.2) is 0 Å². The van der Waals surface area contributed by atoms with Crippen molar-refractivity contribution in [1.82, 2.24) is 0 Å². The monoisotopic (exact) mass is 254 g/mol. The molecule has 1 unspecified atom stereocenters. The van der Waals surface area contributed by atoms with Crippen molar-refractivity contribution in [3.8, 4) is 0 Å². The summed E-state index contributed by atoms with van der Waals surface area (Å²) in [5, 5.41) is 9.16. The summed E-state index contributed by atoms with van der Waals surface area (Å²) in [7, 11) is 0. The van der Waals surface area contributed by atoms with Crippen molar-refractivity contribution < 1.29 is 13.9 Å². The first-order valence-corrected chi connectivity index (χ1v) is 5.53. The molecular formula is C10H13ClF2OS. The summed E-state index contributed by atoms with van der Waals surface area (Å²) in [5.41, 5.74) is 0.0754. The second-order valence-corrected chi connectivity index (χ2v) is 3.53. The third-order valence-electron chi connectivity index (χ3n) is 1.49. The lowest BCUT2D eigenvalue weighted by atomic mass is 10.1.